The van der Waals surface area contributed by atoms with Crippen LogP contribution in [0.25, 0.3) is 10.9 Å². The number of esters is 2. The number of H-pyrrole nitrogens is 1. The Hall–Kier alpha value is -4.67. The number of phenols is 2. The third kappa shape index (κ3) is 4.64. The van der Waals surface area contributed by atoms with E-state index >= 15 is 0 Å². The van der Waals surface area contributed by atoms with E-state index in [0.717, 1.165) is 27.6 Å². The first kappa shape index (κ1) is 34.8. The average Bonchev–Trinajstić information content (AvgIpc) is 3.79. The molecule has 288 valence electrons. The number of thioether (sulfide) groups is 1. The summed E-state index contributed by atoms with van der Waals surface area (Å²) in [6.07, 6.45) is 0.0497. The topological polar surface area (TPSA) is 175 Å². The second-order valence-corrected chi connectivity index (χ2v) is 16.6. The smallest absolute Gasteiger partial charge is 0.333 e. The number of rotatable bonds is 2. The molecule has 1 aromatic heterocycles. The lowest BCUT2D eigenvalue weighted by Gasteiger charge is -2.62. The summed E-state index contributed by atoms with van der Waals surface area (Å²) in [5, 5.41) is 38.8. The first-order valence-corrected chi connectivity index (χ1v) is 19.6. The van der Waals surface area contributed by atoms with Gasteiger partial charge in [-0.2, -0.15) is 0 Å². The number of hydrogen-bond donors (Lipinski definition) is 5. The van der Waals surface area contributed by atoms with Crippen LogP contribution >= 0.6 is 11.8 Å². The van der Waals surface area contributed by atoms with Crippen LogP contribution in [-0.4, -0.2) is 100 Å². The van der Waals surface area contributed by atoms with Crippen molar-refractivity contribution in [2.24, 2.45) is 0 Å². The average molecular weight is 771 g/mol. The Kier molecular flexibility index (Phi) is 7.69. The minimum Gasteiger partial charge on any atom is -0.508 e. The molecule has 3 aromatic carbocycles. The minimum absolute atomic E-state index is 0.0484. The molecule has 4 bridgehead atoms. The highest BCUT2D eigenvalue weighted by molar-refractivity contribution is 7.99. The van der Waals surface area contributed by atoms with Gasteiger partial charge in [-0.3, -0.25) is 19.9 Å². The van der Waals surface area contributed by atoms with Gasteiger partial charge in [0.2, 0.25) is 6.79 Å². The number of aliphatic hydroxyl groups is 1. The molecule has 11 rings (SSSR count). The molecule has 55 heavy (non-hydrogen) atoms. The molecule has 14 nitrogen and oxygen atoms in total. The Morgan fingerprint density at radius 1 is 1.07 bits per heavy atom. The molecule has 4 aromatic rings. The number of hydrogen-bond acceptors (Lipinski definition) is 14. The maximum Gasteiger partial charge on any atom is 0.333 e. The molecule has 8 heterocycles. The van der Waals surface area contributed by atoms with Gasteiger partial charge in [0.1, 0.15) is 24.3 Å². The van der Waals surface area contributed by atoms with Gasteiger partial charge in [0.15, 0.2) is 28.5 Å². The predicted molar refractivity (Wildman–Crippen MR) is 200 cm³/mol. The molecule has 2 fully saturated rings. The quantitative estimate of drug-likeness (QED) is 0.147. The van der Waals surface area contributed by atoms with Crippen LogP contribution in [0.2, 0.25) is 0 Å². The van der Waals surface area contributed by atoms with E-state index in [2.05, 4.69) is 15.2 Å². The van der Waals surface area contributed by atoms with Gasteiger partial charge >= 0.3 is 11.9 Å². The third-order valence-electron chi connectivity index (χ3n) is 12.7. The highest BCUT2D eigenvalue weighted by atomic mass is 32.2. The molecule has 7 aliphatic heterocycles. The number of aromatic hydroxyl groups is 2. The number of aromatic nitrogens is 1. The van der Waals surface area contributed by atoms with Crippen molar-refractivity contribution in [2.75, 3.05) is 39.9 Å². The number of aliphatic hydroxyl groups excluding tert-OH is 1. The van der Waals surface area contributed by atoms with Gasteiger partial charge < -0.3 is 44.0 Å². The summed E-state index contributed by atoms with van der Waals surface area (Å²) < 4.78 is 30.5. The SMILES string of the molecule is COc1c(C)cc2c(c1O)[C@@H]1C3[C@@H]4SC[C@]5(NCCc6c5[nH]c5ccc(O)cc65)C(=O)OC[C@H](c5c6c(c(C)c(OC(C)=O)c54)OCO6)N3[C@@H](O)[C@@H](C2)N1C. The highest BCUT2D eigenvalue weighted by Gasteiger charge is 2.61. The molecule has 0 amide bonds. The van der Waals surface area contributed by atoms with Crippen LogP contribution in [-0.2, 0) is 32.7 Å². The Balaban J connectivity index is 1.24. The Morgan fingerprint density at radius 3 is 2.65 bits per heavy atom. The normalized spacial score (nSPS) is 29.3. The number of piperazine rings is 1. The van der Waals surface area contributed by atoms with Gasteiger partial charge in [-0.25, -0.2) is 4.79 Å². The minimum atomic E-state index is -1.32. The number of likely N-dealkylation sites (N-methyl/N-ethyl adjacent to an activating group) is 1. The van der Waals surface area contributed by atoms with Gasteiger partial charge in [0.25, 0.3) is 0 Å². The molecule has 2 saturated heterocycles. The zero-order valence-corrected chi connectivity index (χ0v) is 31.8. The number of benzene rings is 3. The number of nitrogens with one attached hydrogen (secondary N) is 2. The van der Waals surface area contributed by atoms with Crippen LogP contribution in [0.3, 0.4) is 0 Å². The van der Waals surface area contributed by atoms with E-state index in [4.69, 9.17) is 23.7 Å². The fourth-order valence-corrected chi connectivity index (χ4v) is 12.1. The summed E-state index contributed by atoms with van der Waals surface area (Å²) in [6, 6.07) is 4.99. The van der Waals surface area contributed by atoms with E-state index in [1.165, 1.54) is 18.7 Å². The zero-order chi connectivity index (χ0) is 38.2. The number of carbonyl (C=O) groups excluding carboxylic acids is 2. The Morgan fingerprint density at radius 2 is 1.87 bits per heavy atom. The van der Waals surface area contributed by atoms with Crippen molar-refractivity contribution < 1.29 is 48.6 Å². The van der Waals surface area contributed by atoms with Gasteiger partial charge in [0.05, 0.1) is 36.2 Å². The van der Waals surface area contributed by atoms with Gasteiger partial charge in [-0.1, -0.05) is 6.07 Å². The number of phenolic OH excluding ortho intramolecular Hbond substituents is 2. The van der Waals surface area contributed by atoms with Crippen molar-refractivity contribution in [1.29, 1.82) is 0 Å². The van der Waals surface area contributed by atoms with E-state index in [1.54, 1.807) is 25.3 Å². The molecule has 0 radical (unpaired) electrons. The molecule has 7 aliphatic rings. The lowest BCUT2D eigenvalue weighted by Crippen LogP contribution is -2.70. The molecule has 15 heteroatoms. The number of carbonyl (C=O) groups is 2. The van der Waals surface area contributed by atoms with Crippen molar-refractivity contribution in [3.8, 4) is 34.5 Å². The fourth-order valence-electron chi connectivity index (χ4n) is 10.4. The first-order valence-electron chi connectivity index (χ1n) is 18.5. The van der Waals surface area contributed by atoms with Crippen molar-refractivity contribution in [1.82, 2.24) is 20.1 Å². The van der Waals surface area contributed by atoms with E-state index < -0.39 is 47.1 Å². The maximum absolute atomic E-state index is 14.8. The number of fused-ring (bicyclic) bond motifs is 11. The standard InChI is InChI=1S/C40H42N4O10S/c1-16-10-19-11-24-38(48)44-25-13-51-39(49)40(37-21(8-9-41-40)22-12-20(46)6-7-23(22)42-37)14-55-36(30(44)29(43(24)4)26(19)31(47)32(16)50-5)28-27(25)35-34(52-15-53-35)17(2)33(28)54-18(3)45/h6-7,10,12,24-25,29-30,36,38,41-42,46-48H,8-9,11,13-15H2,1-5H3/t24-,25-,29-,30?,36-,38+,40-/m1/s1. The monoisotopic (exact) mass is 770 g/mol. The van der Waals surface area contributed by atoms with Crippen LogP contribution in [0, 0.1) is 13.8 Å². The molecule has 1 spiro atoms. The second-order valence-electron chi connectivity index (χ2n) is 15.5. The number of aromatic amines is 1. The molecule has 0 aliphatic carbocycles. The summed E-state index contributed by atoms with van der Waals surface area (Å²) in [6.45, 7) is 5.35. The Labute approximate surface area is 320 Å². The van der Waals surface area contributed by atoms with E-state index in [9.17, 15) is 24.9 Å². The maximum atomic E-state index is 14.8. The fraction of sp³-hybridized carbons (Fsp3) is 0.450. The predicted octanol–water partition coefficient (Wildman–Crippen LogP) is 3.89. The van der Waals surface area contributed by atoms with Crippen molar-refractivity contribution in [3.63, 3.8) is 0 Å². The van der Waals surface area contributed by atoms with E-state index in [-0.39, 0.29) is 36.7 Å². The summed E-state index contributed by atoms with van der Waals surface area (Å²) in [5.41, 5.74) is 5.43. The second kappa shape index (κ2) is 12.2. The van der Waals surface area contributed by atoms with E-state index in [0.29, 0.717) is 70.3 Å². The lowest BCUT2D eigenvalue weighted by atomic mass is 9.73. The summed E-state index contributed by atoms with van der Waals surface area (Å²) in [4.78, 5) is 35.4. The van der Waals surface area contributed by atoms with Gasteiger partial charge in [0, 0.05) is 58.4 Å². The molecule has 0 saturated carbocycles. The van der Waals surface area contributed by atoms with Gasteiger partial charge in [-0.05, 0) is 68.6 Å². The largest absolute Gasteiger partial charge is 0.508 e. The summed E-state index contributed by atoms with van der Waals surface area (Å²) >= 11 is 1.50. The lowest BCUT2D eigenvalue weighted by molar-refractivity contribution is -0.186. The van der Waals surface area contributed by atoms with Crippen LogP contribution < -0.4 is 24.3 Å². The van der Waals surface area contributed by atoms with E-state index in [1.807, 2.05) is 31.9 Å². The number of aryl methyl sites for hydroxylation is 1. The Bertz CT molecular complexity index is 2350. The molecular formula is C40H42N4O10S. The van der Waals surface area contributed by atoms with Crippen molar-refractivity contribution in [3.05, 3.63) is 68.9 Å². The summed E-state index contributed by atoms with van der Waals surface area (Å²) in [5.74, 6) is 1.00. The van der Waals surface area contributed by atoms with Crippen molar-refractivity contribution in [2.45, 2.75) is 74.8 Å². The van der Waals surface area contributed by atoms with Crippen LogP contribution in [0.5, 0.6) is 34.5 Å². The zero-order valence-electron chi connectivity index (χ0n) is 31.0. The molecule has 5 N–H and O–H groups in total. The van der Waals surface area contributed by atoms with Crippen LogP contribution in [0.1, 0.15) is 68.9 Å². The highest BCUT2D eigenvalue weighted by Crippen LogP contribution is 2.64. The molecule has 7 atom stereocenters. The third-order valence-corrected chi connectivity index (χ3v) is 14.2. The molecule has 1 unspecified atom stereocenters. The summed E-state index contributed by atoms with van der Waals surface area (Å²) in [7, 11) is 3.51. The number of nitrogens with zero attached hydrogens (tertiary/aromatic N) is 2. The van der Waals surface area contributed by atoms with Gasteiger partial charge in [-0.15, -0.1) is 11.8 Å². The molecular weight excluding hydrogens is 729 g/mol. The number of ether oxygens (including phenoxy) is 5. The van der Waals surface area contributed by atoms with Crippen LogP contribution in [0.15, 0.2) is 24.3 Å². The number of methoxy groups -OCH3 is 1. The first-order chi connectivity index (χ1) is 26.4. The van der Waals surface area contributed by atoms with Crippen LogP contribution in [0.4, 0.5) is 0 Å². The van der Waals surface area contributed by atoms with Crippen molar-refractivity contribution >= 4 is 34.6 Å².